The van der Waals surface area contributed by atoms with Crippen molar-refractivity contribution in [1.29, 1.82) is 0 Å². The minimum Gasteiger partial charge on any atom is -0.449 e. The molecule has 4 aromatic rings. The maximum absolute atomic E-state index is 12.2. The van der Waals surface area contributed by atoms with E-state index in [1.165, 1.54) is 11.6 Å². The molecule has 2 aromatic carbocycles. The standard InChI is InChI=1S/C24H19N5O4/c1-29-21-20(22(30)28-23(29)31)26-19(27-21)11-6-12-25-24(32)33-13-18-16-9-4-2-7-14(16)15-8-3-5-10-17(15)18/h2-5,7-10,18H,12-13H2,1H3,(H,25,32)(H,26,27)(H,28,30,31). The SMILES string of the molecule is Cn1c(=O)[nH]c(=O)c2[nH]c(C#CCNC(=O)OCC3c4ccccc4-c4ccccc43)nc21. The summed E-state index contributed by atoms with van der Waals surface area (Å²) in [6, 6.07) is 16.2. The largest absolute Gasteiger partial charge is 0.449 e. The number of rotatable bonds is 3. The van der Waals surface area contributed by atoms with Crippen molar-refractivity contribution in [2.24, 2.45) is 7.05 Å². The Morgan fingerprint density at radius 3 is 2.45 bits per heavy atom. The van der Waals surface area contributed by atoms with Crippen molar-refractivity contribution in [3.8, 4) is 23.0 Å². The van der Waals surface area contributed by atoms with Crippen LogP contribution < -0.4 is 16.6 Å². The molecule has 2 aromatic heterocycles. The number of alkyl carbamates (subject to hydrolysis) is 1. The van der Waals surface area contributed by atoms with Gasteiger partial charge in [-0.05, 0) is 28.2 Å². The van der Waals surface area contributed by atoms with Crippen LogP contribution in [0.1, 0.15) is 22.9 Å². The smallest absolute Gasteiger partial charge is 0.407 e. The molecule has 33 heavy (non-hydrogen) atoms. The van der Waals surface area contributed by atoms with Crippen LogP contribution >= 0.6 is 0 Å². The van der Waals surface area contributed by atoms with Crippen molar-refractivity contribution in [1.82, 2.24) is 24.8 Å². The molecule has 0 spiro atoms. The Morgan fingerprint density at radius 2 is 1.76 bits per heavy atom. The van der Waals surface area contributed by atoms with Crippen LogP contribution in [0.4, 0.5) is 4.79 Å². The van der Waals surface area contributed by atoms with Crippen LogP contribution in [0.5, 0.6) is 0 Å². The number of ether oxygens (including phenoxy) is 1. The molecule has 1 aliphatic rings. The first-order chi connectivity index (χ1) is 16.0. The molecule has 0 atom stereocenters. The number of aromatic nitrogens is 4. The Hall–Kier alpha value is -4.58. The van der Waals surface area contributed by atoms with Crippen LogP contribution in [0.3, 0.4) is 0 Å². The van der Waals surface area contributed by atoms with E-state index in [-0.39, 0.29) is 36.1 Å². The summed E-state index contributed by atoms with van der Waals surface area (Å²) in [7, 11) is 1.50. The molecular weight excluding hydrogens is 422 g/mol. The van der Waals surface area contributed by atoms with E-state index in [0.29, 0.717) is 0 Å². The lowest BCUT2D eigenvalue weighted by Gasteiger charge is -2.14. The van der Waals surface area contributed by atoms with Crippen molar-refractivity contribution >= 4 is 17.3 Å². The number of imidazole rings is 1. The third-order valence-electron chi connectivity index (χ3n) is 5.63. The zero-order valence-corrected chi connectivity index (χ0v) is 17.6. The summed E-state index contributed by atoms with van der Waals surface area (Å²) in [5.41, 5.74) is 3.84. The molecule has 0 fully saturated rings. The summed E-state index contributed by atoms with van der Waals surface area (Å²) in [4.78, 5) is 44.8. The van der Waals surface area contributed by atoms with Crippen molar-refractivity contribution < 1.29 is 9.53 Å². The molecule has 0 radical (unpaired) electrons. The maximum Gasteiger partial charge on any atom is 0.407 e. The first-order valence-corrected chi connectivity index (χ1v) is 10.3. The van der Waals surface area contributed by atoms with Gasteiger partial charge in [-0.2, -0.15) is 0 Å². The molecular formula is C24H19N5O4. The zero-order valence-electron chi connectivity index (χ0n) is 17.6. The molecule has 0 bridgehead atoms. The second-order valence-corrected chi connectivity index (χ2v) is 7.58. The highest BCUT2D eigenvalue weighted by molar-refractivity contribution is 5.79. The van der Waals surface area contributed by atoms with Crippen LogP contribution in [0.2, 0.25) is 0 Å². The average Bonchev–Trinajstić information content (AvgIpc) is 3.39. The molecule has 0 aliphatic heterocycles. The van der Waals surface area contributed by atoms with Crippen LogP contribution in [-0.4, -0.2) is 38.8 Å². The number of benzene rings is 2. The summed E-state index contributed by atoms with van der Waals surface area (Å²) in [6.07, 6.45) is -0.574. The number of nitrogens with one attached hydrogen (secondary N) is 3. The normalized spacial score (nSPS) is 12.0. The number of hydrogen-bond donors (Lipinski definition) is 3. The molecule has 1 aliphatic carbocycles. The van der Waals surface area contributed by atoms with Crippen molar-refractivity contribution in [2.75, 3.05) is 13.2 Å². The van der Waals surface area contributed by atoms with Gasteiger partial charge in [0.1, 0.15) is 6.61 Å². The third-order valence-corrected chi connectivity index (χ3v) is 5.63. The first kappa shape index (κ1) is 20.3. The summed E-state index contributed by atoms with van der Waals surface area (Å²) >= 11 is 0. The van der Waals surface area contributed by atoms with Crippen LogP contribution in [0, 0.1) is 11.8 Å². The van der Waals surface area contributed by atoms with E-state index in [0.717, 1.165) is 22.3 Å². The van der Waals surface area contributed by atoms with Gasteiger partial charge in [0.25, 0.3) is 5.56 Å². The Bertz CT molecular complexity index is 1520. The number of carbonyl (C=O) groups excluding carboxylic acids is 1. The molecule has 3 N–H and O–H groups in total. The second-order valence-electron chi connectivity index (χ2n) is 7.58. The molecule has 0 unspecified atom stereocenters. The van der Waals surface area contributed by atoms with E-state index in [1.807, 2.05) is 24.3 Å². The fraction of sp³-hybridized carbons (Fsp3) is 0.167. The van der Waals surface area contributed by atoms with Crippen LogP contribution in [-0.2, 0) is 11.8 Å². The number of amides is 1. The minimum atomic E-state index is -0.574. The van der Waals surface area contributed by atoms with E-state index >= 15 is 0 Å². The summed E-state index contributed by atoms with van der Waals surface area (Å²) < 4.78 is 6.68. The lowest BCUT2D eigenvalue weighted by molar-refractivity contribution is 0.144. The third kappa shape index (κ3) is 3.68. The Balaban J connectivity index is 1.22. The van der Waals surface area contributed by atoms with E-state index in [4.69, 9.17) is 4.74 Å². The first-order valence-electron chi connectivity index (χ1n) is 10.3. The molecule has 5 rings (SSSR count). The number of fused-ring (bicyclic) bond motifs is 4. The molecule has 164 valence electrons. The monoisotopic (exact) mass is 441 g/mol. The summed E-state index contributed by atoms with van der Waals surface area (Å²) in [5, 5.41) is 2.59. The molecule has 2 heterocycles. The van der Waals surface area contributed by atoms with Gasteiger partial charge in [0, 0.05) is 13.0 Å². The number of H-pyrrole nitrogens is 2. The topological polar surface area (TPSA) is 122 Å². The summed E-state index contributed by atoms with van der Waals surface area (Å²) in [5.74, 6) is 5.68. The lowest BCUT2D eigenvalue weighted by atomic mass is 9.98. The van der Waals surface area contributed by atoms with E-state index in [1.54, 1.807) is 0 Å². The zero-order chi connectivity index (χ0) is 22.9. The van der Waals surface area contributed by atoms with E-state index in [2.05, 4.69) is 56.4 Å². The highest BCUT2D eigenvalue weighted by atomic mass is 16.5. The predicted molar refractivity (Wildman–Crippen MR) is 122 cm³/mol. The Labute approximate surface area is 187 Å². The molecule has 0 saturated carbocycles. The van der Waals surface area contributed by atoms with Gasteiger partial charge < -0.3 is 15.0 Å². The van der Waals surface area contributed by atoms with Crippen LogP contribution in [0.25, 0.3) is 22.3 Å². The molecule has 9 nitrogen and oxygen atoms in total. The predicted octanol–water partition coefficient (Wildman–Crippen LogP) is 1.84. The van der Waals surface area contributed by atoms with Gasteiger partial charge in [0.2, 0.25) is 0 Å². The van der Waals surface area contributed by atoms with E-state index in [9.17, 15) is 14.4 Å². The Morgan fingerprint density at radius 1 is 1.09 bits per heavy atom. The molecule has 0 saturated heterocycles. The number of nitrogens with zero attached hydrogens (tertiary/aromatic N) is 2. The summed E-state index contributed by atoms with van der Waals surface area (Å²) in [6.45, 7) is 0.247. The number of aryl methyl sites for hydroxylation is 1. The van der Waals surface area contributed by atoms with Gasteiger partial charge in [-0.15, -0.1) is 0 Å². The van der Waals surface area contributed by atoms with Crippen LogP contribution in [0.15, 0.2) is 58.1 Å². The van der Waals surface area contributed by atoms with Crippen molar-refractivity contribution in [3.63, 3.8) is 0 Å². The van der Waals surface area contributed by atoms with Gasteiger partial charge in [-0.1, -0.05) is 54.5 Å². The highest BCUT2D eigenvalue weighted by Crippen LogP contribution is 2.44. The Kier molecular flexibility index (Phi) is 5.03. The number of carbonyl (C=O) groups is 1. The number of aromatic amines is 2. The highest BCUT2D eigenvalue weighted by Gasteiger charge is 2.28. The second kappa shape index (κ2) is 8.16. The van der Waals surface area contributed by atoms with Gasteiger partial charge in [-0.3, -0.25) is 14.3 Å². The minimum absolute atomic E-state index is 0.0190. The van der Waals surface area contributed by atoms with Gasteiger partial charge in [0.15, 0.2) is 17.0 Å². The van der Waals surface area contributed by atoms with Gasteiger partial charge >= 0.3 is 11.8 Å². The fourth-order valence-electron chi connectivity index (χ4n) is 4.06. The molecule has 9 heteroatoms. The lowest BCUT2D eigenvalue weighted by Crippen LogP contribution is -2.28. The number of hydrogen-bond acceptors (Lipinski definition) is 5. The van der Waals surface area contributed by atoms with Crippen molar-refractivity contribution in [2.45, 2.75) is 5.92 Å². The molecule has 1 amide bonds. The van der Waals surface area contributed by atoms with Gasteiger partial charge in [-0.25, -0.2) is 14.6 Å². The average molecular weight is 441 g/mol. The maximum atomic E-state index is 12.2. The quantitative estimate of drug-likeness (QED) is 0.419. The van der Waals surface area contributed by atoms with Gasteiger partial charge in [0.05, 0.1) is 6.54 Å². The fourth-order valence-corrected chi connectivity index (χ4v) is 4.06. The van der Waals surface area contributed by atoms with Crippen molar-refractivity contribution in [3.05, 3.63) is 86.3 Å². The van der Waals surface area contributed by atoms with E-state index < -0.39 is 17.3 Å².